The molecule has 0 aliphatic carbocycles. The minimum Gasteiger partial charge on any atom is -0.258 e. The average Bonchev–Trinajstić information content (AvgIpc) is 2.84. The molecule has 1 atom stereocenters. The lowest BCUT2D eigenvalue weighted by Crippen LogP contribution is -2.43. The molecule has 1 heterocycles. The molecule has 0 radical (unpaired) electrons. The van der Waals surface area contributed by atoms with E-state index >= 15 is 0 Å². The molecule has 10 heteroatoms. The number of benzene rings is 1. The van der Waals surface area contributed by atoms with E-state index in [0.29, 0.717) is 0 Å². The van der Waals surface area contributed by atoms with E-state index in [9.17, 15) is 26.9 Å². The van der Waals surface area contributed by atoms with Gasteiger partial charge in [0.25, 0.3) is 5.69 Å². The second-order valence-electron chi connectivity index (χ2n) is 6.28. The smallest absolute Gasteiger partial charge is 0.258 e. The SMILES string of the molecule is CC(C)CN([C@@H]1CCS(=O)(=O)C1)S(=O)(=O)c1ccc([N+](=O)[O-])cc1. The lowest BCUT2D eigenvalue weighted by atomic mass is 10.2. The maximum atomic E-state index is 12.9. The van der Waals surface area contributed by atoms with Crippen LogP contribution in [0.3, 0.4) is 0 Å². The summed E-state index contributed by atoms with van der Waals surface area (Å²) in [5.41, 5.74) is -0.201. The number of sulfone groups is 1. The van der Waals surface area contributed by atoms with Crippen molar-refractivity contribution in [3.05, 3.63) is 34.4 Å². The van der Waals surface area contributed by atoms with E-state index in [1.54, 1.807) is 0 Å². The van der Waals surface area contributed by atoms with Crippen molar-refractivity contribution in [1.29, 1.82) is 0 Å². The zero-order valence-corrected chi connectivity index (χ0v) is 15.1. The van der Waals surface area contributed by atoms with Crippen molar-refractivity contribution in [2.24, 2.45) is 5.92 Å². The van der Waals surface area contributed by atoms with Crippen molar-refractivity contribution in [2.45, 2.75) is 31.2 Å². The lowest BCUT2D eigenvalue weighted by molar-refractivity contribution is -0.384. The highest BCUT2D eigenvalue weighted by atomic mass is 32.2. The van der Waals surface area contributed by atoms with Gasteiger partial charge in [-0.1, -0.05) is 13.8 Å². The van der Waals surface area contributed by atoms with Crippen LogP contribution in [0.15, 0.2) is 29.2 Å². The summed E-state index contributed by atoms with van der Waals surface area (Å²) in [7, 11) is -7.16. The number of non-ortho nitro benzene ring substituents is 1. The van der Waals surface area contributed by atoms with E-state index in [1.807, 2.05) is 13.8 Å². The molecule has 0 saturated carbocycles. The lowest BCUT2D eigenvalue weighted by Gasteiger charge is -2.28. The van der Waals surface area contributed by atoms with Crippen molar-refractivity contribution >= 4 is 25.5 Å². The molecule has 0 spiro atoms. The fourth-order valence-corrected chi connectivity index (χ4v) is 6.32. The molecular weight excluding hydrogens is 356 g/mol. The standard InChI is InChI=1S/C14H20N2O6S2/c1-11(2)9-15(13-7-8-23(19,20)10-13)24(21,22)14-5-3-12(4-6-14)16(17)18/h3-6,11,13H,7-10H2,1-2H3/t13-/m1/s1. The Kier molecular flexibility index (Phi) is 5.31. The van der Waals surface area contributed by atoms with Crippen LogP contribution < -0.4 is 0 Å². The molecule has 1 fully saturated rings. The fourth-order valence-electron chi connectivity index (χ4n) is 2.68. The molecule has 1 aliphatic rings. The highest BCUT2D eigenvalue weighted by Gasteiger charge is 2.39. The second-order valence-corrected chi connectivity index (χ2v) is 10.4. The van der Waals surface area contributed by atoms with Crippen LogP contribution in [0.25, 0.3) is 0 Å². The average molecular weight is 376 g/mol. The van der Waals surface area contributed by atoms with Crippen LogP contribution in [0.1, 0.15) is 20.3 Å². The summed E-state index contributed by atoms with van der Waals surface area (Å²) in [5, 5.41) is 10.7. The highest BCUT2D eigenvalue weighted by molar-refractivity contribution is 7.92. The largest absolute Gasteiger partial charge is 0.269 e. The molecule has 8 nitrogen and oxygen atoms in total. The summed E-state index contributed by atoms with van der Waals surface area (Å²) in [5.74, 6) is -0.199. The molecule has 1 aromatic rings. The first-order valence-corrected chi connectivity index (χ1v) is 10.8. The quantitative estimate of drug-likeness (QED) is 0.548. The summed E-state index contributed by atoms with van der Waals surface area (Å²) < 4.78 is 50.5. The van der Waals surface area contributed by atoms with Gasteiger partial charge in [0.1, 0.15) is 0 Å². The van der Waals surface area contributed by atoms with Gasteiger partial charge in [-0.3, -0.25) is 10.1 Å². The van der Waals surface area contributed by atoms with Crippen molar-refractivity contribution in [2.75, 3.05) is 18.1 Å². The fraction of sp³-hybridized carbons (Fsp3) is 0.571. The molecule has 1 saturated heterocycles. The predicted molar refractivity (Wildman–Crippen MR) is 88.9 cm³/mol. The molecule has 2 rings (SSSR count). The maximum Gasteiger partial charge on any atom is 0.269 e. The van der Waals surface area contributed by atoms with Crippen LogP contribution in [0, 0.1) is 16.0 Å². The number of sulfonamides is 1. The second kappa shape index (κ2) is 6.77. The Hall–Kier alpha value is -1.52. The third-order valence-electron chi connectivity index (χ3n) is 3.81. The van der Waals surface area contributed by atoms with E-state index in [0.717, 1.165) is 12.1 Å². The normalized spacial score (nSPS) is 20.6. The van der Waals surface area contributed by atoms with E-state index in [-0.39, 0.29) is 41.0 Å². The molecule has 0 N–H and O–H groups in total. The Balaban J connectivity index is 2.38. The Bertz CT molecular complexity index is 815. The van der Waals surface area contributed by atoms with Gasteiger partial charge in [-0.15, -0.1) is 0 Å². The molecule has 134 valence electrons. The topological polar surface area (TPSA) is 115 Å². The molecule has 0 aromatic heterocycles. The maximum absolute atomic E-state index is 12.9. The number of nitrogens with zero attached hydrogens (tertiary/aromatic N) is 2. The number of hydrogen-bond acceptors (Lipinski definition) is 6. The molecule has 0 unspecified atom stereocenters. The van der Waals surface area contributed by atoms with Gasteiger partial charge in [-0.05, 0) is 24.5 Å². The van der Waals surface area contributed by atoms with Gasteiger partial charge in [0.15, 0.2) is 9.84 Å². The van der Waals surface area contributed by atoms with Crippen LogP contribution in [0.2, 0.25) is 0 Å². The van der Waals surface area contributed by atoms with Crippen LogP contribution in [-0.4, -0.2) is 50.2 Å². The Labute approximate surface area is 141 Å². The Morgan fingerprint density at radius 3 is 2.29 bits per heavy atom. The summed E-state index contributed by atoms with van der Waals surface area (Å²) in [6.07, 6.45) is 0.265. The predicted octanol–water partition coefficient (Wildman–Crippen LogP) is 1.43. The number of nitro groups is 1. The van der Waals surface area contributed by atoms with Crippen molar-refractivity contribution in [3.63, 3.8) is 0 Å². The van der Waals surface area contributed by atoms with Gasteiger partial charge in [0.2, 0.25) is 10.0 Å². The van der Waals surface area contributed by atoms with Crippen LogP contribution >= 0.6 is 0 Å². The first-order chi connectivity index (χ1) is 11.0. The molecule has 0 bridgehead atoms. The van der Waals surface area contributed by atoms with E-state index in [4.69, 9.17) is 0 Å². The molecule has 1 aromatic carbocycles. The van der Waals surface area contributed by atoms with Crippen molar-refractivity contribution in [1.82, 2.24) is 4.31 Å². The highest BCUT2D eigenvalue weighted by Crippen LogP contribution is 2.27. The molecular formula is C14H20N2O6S2. The van der Waals surface area contributed by atoms with Gasteiger partial charge in [0.05, 0.1) is 21.3 Å². The Morgan fingerprint density at radius 2 is 1.88 bits per heavy atom. The summed E-state index contributed by atoms with van der Waals surface area (Å²) in [6, 6.07) is 4.03. The zero-order valence-electron chi connectivity index (χ0n) is 13.5. The third kappa shape index (κ3) is 4.11. The minimum atomic E-state index is -3.93. The molecule has 0 amide bonds. The first kappa shape index (κ1) is 18.8. The number of nitro benzene ring substituents is 1. The Morgan fingerprint density at radius 1 is 1.29 bits per heavy atom. The van der Waals surface area contributed by atoms with Gasteiger partial charge >= 0.3 is 0 Å². The molecule has 24 heavy (non-hydrogen) atoms. The molecule has 1 aliphatic heterocycles. The van der Waals surface area contributed by atoms with E-state index in [1.165, 1.54) is 16.4 Å². The van der Waals surface area contributed by atoms with Crippen LogP contribution in [0.5, 0.6) is 0 Å². The van der Waals surface area contributed by atoms with Gasteiger partial charge in [0, 0.05) is 24.7 Å². The van der Waals surface area contributed by atoms with Crippen LogP contribution in [-0.2, 0) is 19.9 Å². The summed E-state index contributed by atoms with van der Waals surface area (Å²) >= 11 is 0. The van der Waals surface area contributed by atoms with Crippen molar-refractivity contribution in [3.8, 4) is 0 Å². The van der Waals surface area contributed by atoms with Gasteiger partial charge in [-0.2, -0.15) is 4.31 Å². The zero-order chi connectivity index (χ0) is 18.1. The van der Waals surface area contributed by atoms with Gasteiger partial charge in [-0.25, -0.2) is 16.8 Å². The van der Waals surface area contributed by atoms with E-state index in [2.05, 4.69) is 0 Å². The van der Waals surface area contributed by atoms with Crippen LogP contribution in [0.4, 0.5) is 5.69 Å². The number of hydrogen-bond donors (Lipinski definition) is 0. The number of rotatable bonds is 6. The summed E-state index contributed by atoms with van der Waals surface area (Å²) in [4.78, 5) is 10.0. The minimum absolute atomic E-state index is 0.0149. The monoisotopic (exact) mass is 376 g/mol. The summed E-state index contributed by atoms with van der Waals surface area (Å²) in [6.45, 7) is 3.89. The van der Waals surface area contributed by atoms with Gasteiger partial charge < -0.3 is 0 Å². The first-order valence-electron chi connectivity index (χ1n) is 7.49. The third-order valence-corrected chi connectivity index (χ3v) is 7.50. The van der Waals surface area contributed by atoms with Crippen molar-refractivity contribution < 1.29 is 21.8 Å². The van der Waals surface area contributed by atoms with E-state index < -0.39 is 30.8 Å².